The van der Waals surface area contributed by atoms with Gasteiger partial charge in [0, 0.05) is 51.6 Å². The second kappa shape index (κ2) is 12.1. The molecule has 2 aromatic rings. The molecule has 2 heterocycles. The number of aliphatic imine (C=N–C) groups is 1. The molecule has 1 unspecified atom stereocenters. The average molecular weight is 412 g/mol. The van der Waals surface area contributed by atoms with Gasteiger partial charge in [-0.15, -0.1) is 0 Å². The van der Waals surface area contributed by atoms with E-state index in [0.29, 0.717) is 13.2 Å². The monoisotopic (exact) mass is 411 g/mol. The van der Waals surface area contributed by atoms with Crippen LogP contribution in [-0.4, -0.2) is 57.4 Å². The molecule has 1 fully saturated rings. The molecule has 1 aromatic heterocycles. The molecule has 2 N–H and O–H groups in total. The number of pyridine rings is 1. The summed E-state index contributed by atoms with van der Waals surface area (Å²) in [6, 6.07) is 14.4. The predicted octanol–water partition coefficient (Wildman–Crippen LogP) is 2.75. The third kappa shape index (κ3) is 6.71. The van der Waals surface area contributed by atoms with Gasteiger partial charge in [0.2, 0.25) is 0 Å². The molecule has 0 aliphatic carbocycles. The molecule has 0 saturated carbocycles. The predicted molar refractivity (Wildman–Crippen MR) is 121 cm³/mol. The van der Waals surface area contributed by atoms with Crippen molar-refractivity contribution in [3.05, 3.63) is 59.8 Å². The van der Waals surface area contributed by atoms with E-state index in [1.807, 2.05) is 30.5 Å². The Bertz CT molecular complexity index is 778. The zero-order valence-corrected chi connectivity index (χ0v) is 18.0. The average Bonchev–Trinajstić information content (AvgIpc) is 2.82. The molecule has 1 atom stereocenters. The van der Waals surface area contributed by atoms with Crippen LogP contribution in [0.2, 0.25) is 0 Å². The lowest BCUT2D eigenvalue weighted by Crippen LogP contribution is -2.39. The number of ether oxygens (including phenoxy) is 2. The van der Waals surface area contributed by atoms with Crippen molar-refractivity contribution in [2.75, 3.05) is 51.4 Å². The molecule has 30 heavy (non-hydrogen) atoms. The second-order valence-electron chi connectivity index (χ2n) is 7.22. The first-order valence-electron chi connectivity index (χ1n) is 10.7. The van der Waals surface area contributed by atoms with E-state index in [0.717, 1.165) is 56.6 Å². The van der Waals surface area contributed by atoms with Crippen LogP contribution >= 0.6 is 0 Å². The molecule has 0 amide bonds. The maximum Gasteiger partial charge on any atom is 0.191 e. The lowest BCUT2D eigenvalue weighted by atomic mass is 10.1. The van der Waals surface area contributed by atoms with Crippen molar-refractivity contribution in [3.8, 4) is 0 Å². The number of aromatic nitrogens is 1. The van der Waals surface area contributed by atoms with Crippen molar-refractivity contribution >= 4 is 11.8 Å². The minimum absolute atomic E-state index is 0.104. The van der Waals surface area contributed by atoms with Crippen LogP contribution in [0, 0.1) is 0 Å². The SMILES string of the molecule is CN=C(NCCCOC(C)c1ccccc1)NCc1cccnc1N1CCOCC1. The molecule has 1 aromatic carbocycles. The standard InChI is InChI=1S/C23H33N5O2/c1-19(20-8-4-3-5-9-20)30-15-7-12-26-23(24-2)27-18-21-10-6-11-25-22(21)28-13-16-29-17-14-28/h3-6,8-11,19H,7,12-18H2,1-2H3,(H2,24,26,27). The van der Waals surface area contributed by atoms with Crippen LogP contribution in [0.25, 0.3) is 0 Å². The summed E-state index contributed by atoms with van der Waals surface area (Å²) < 4.78 is 11.4. The number of rotatable bonds is 9. The summed E-state index contributed by atoms with van der Waals surface area (Å²) in [5, 5.41) is 6.75. The number of nitrogens with zero attached hydrogens (tertiary/aromatic N) is 3. The third-order valence-corrected chi connectivity index (χ3v) is 5.10. The number of anilines is 1. The maximum absolute atomic E-state index is 5.93. The summed E-state index contributed by atoms with van der Waals surface area (Å²) in [6.45, 7) is 7.49. The molecule has 0 radical (unpaired) electrons. The number of hydrogen-bond donors (Lipinski definition) is 2. The fraction of sp³-hybridized carbons (Fsp3) is 0.478. The Morgan fingerprint density at radius 3 is 2.73 bits per heavy atom. The Morgan fingerprint density at radius 2 is 1.97 bits per heavy atom. The smallest absolute Gasteiger partial charge is 0.191 e. The van der Waals surface area contributed by atoms with Gasteiger partial charge in [0.05, 0.1) is 19.3 Å². The first-order chi connectivity index (χ1) is 14.8. The van der Waals surface area contributed by atoms with E-state index in [2.05, 4.69) is 50.6 Å². The first kappa shape index (κ1) is 22.1. The molecule has 1 aliphatic heterocycles. The highest BCUT2D eigenvalue weighted by atomic mass is 16.5. The van der Waals surface area contributed by atoms with Gasteiger partial charge in [0.15, 0.2) is 5.96 Å². The van der Waals surface area contributed by atoms with Crippen molar-refractivity contribution in [3.63, 3.8) is 0 Å². The van der Waals surface area contributed by atoms with Crippen molar-refractivity contribution in [1.82, 2.24) is 15.6 Å². The van der Waals surface area contributed by atoms with Crippen LogP contribution in [0.5, 0.6) is 0 Å². The zero-order chi connectivity index (χ0) is 21.0. The Kier molecular flexibility index (Phi) is 8.93. The van der Waals surface area contributed by atoms with Crippen molar-refractivity contribution in [2.24, 2.45) is 4.99 Å². The second-order valence-corrected chi connectivity index (χ2v) is 7.22. The molecular formula is C23H33N5O2. The van der Waals surface area contributed by atoms with Gasteiger partial charge in [-0.1, -0.05) is 36.4 Å². The number of guanidine groups is 1. The van der Waals surface area contributed by atoms with Gasteiger partial charge < -0.3 is 25.0 Å². The lowest BCUT2D eigenvalue weighted by molar-refractivity contribution is 0.0646. The normalized spacial score (nSPS) is 15.7. The van der Waals surface area contributed by atoms with Gasteiger partial charge in [-0.25, -0.2) is 4.98 Å². The minimum atomic E-state index is 0.104. The molecule has 1 aliphatic rings. The Hall–Kier alpha value is -2.64. The fourth-order valence-corrected chi connectivity index (χ4v) is 3.39. The Balaban J connectivity index is 1.39. The Labute approximate surface area is 179 Å². The number of hydrogen-bond acceptors (Lipinski definition) is 5. The van der Waals surface area contributed by atoms with E-state index in [1.165, 1.54) is 5.56 Å². The van der Waals surface area contributed by atoms with Crippen LogP contribution in [0.4, 0.5) is 5.82 Å². The molecule has 7 nitrogen and oxygen atoms in total. The lowest BCUT2D eigenvalue weighted by Gasteiger charge is -2.29. The largest absolute Gasteiger partial charge is 0.378 e. The third-order valence-electron chi connectivity index (χ3n) is 5.10. The molecule has 3 rings (SSSR count). The zero-order valence-electron chi connectivity index (χ0n) is 18.0. The van der Waals surface area contributed by atoms with Gasteiger partial charge in [0.1, 0.15) is 5.82 Å². The summed E-state index contributed by atoms with van der Waals surface area (Å²) in [5.41, 5.74) is 2.36. The topological polar surface area (TPSA) is 71.0 Å². The summed E-state index contributed by atoms with van der Waals surface area (Å²) in [5.74, 6) is 1.80. The summed E-state index contributed by atoms with van der Waals surface area (Å²) in [4.78, 5) is 11.2. The summed E-state index contributed by atoms with van der Waals surface area (Å²) >= 11 is 0. The number of morpholine rings is 1. The van der Waals surface area contributed by atoms with E-state index < -0.39 is 0 Å². The van der Waals surface area contributed by atoms with Crippen molar-refractivity contribution in [2.45, 2.75) is 26.0 Å². The van der Waals surface area contributed by atoms with E-state index in [1.54, 1.807) is 7.05 Å². The fourth-order valence-electron chi connectivity index (χ4n) is 3.39. The van der Waals surface area contributed by atoms with Crippen LogP contribution < -0.4 is 15.5 Å². The number of nitrogens with one attached hydrogen (secondary N) is 2. The molecule has 1 saturated heterocycles. The molecule has 0 spiro atoms. The van der Waals surface area contributed by atoms with Crippen LogP contribution in [-0.2, 0) is 16.0 Å². The van der Waals surface area contributed by atoms with Gasteiger partial charge >= 0.3 is 0 Å². The van der Waals surface area contributed by atoms with Crippen molar-refractivity contribution in [1.29, 1.82) is 0 Å². The minimum Gasteiger partial charge on any atom is -0.378 e. The first-order valence-corrected chi connectivity index (χ1v) is 10.7. The van der Waals surface area contributed by atoms with Gasteiger partial charge in [-0.05, 0) is 25.0 Å². The van der Waals surface area contributed by atoms with E-state index in [9.17, 15) is 0 Å². The highest BCUT2D eigenvalue weighted by Gasteiger charge is 2.15. The highest BCUT2D eigenvalue weighted by molar-refractivity contribution is 5.79. The maximum atomic E-state index is 5.93. The molecule has 162 valence electrons. The summed E-state index contributed by atoms with van der Waals surface area (Å²) in [6.07, 6.45) is 2.86. The quantitative estimate of drug-likeness (QED) is 0.376. The van der Waals surface area contributed by atoms with E-state index in [4.69, 9.17) is 9.47 Å². The molecule has 7 heteroatoms. The molecular weight excluding hydrogens is 378 g/mol. The van der Waals surface area contributed by atoms with Crippen LogP contribution in [0.3, 0.4) is 0 Å². The van der Waals surface area contributed by atoms with Gasteiger partial charge in [-0.3, -0.25) is 4.99 Å². The van der Waals surface area contributed by atoms with Gasteiger partial charge in [-0.2, -0.15) is 0 Å². The van der Waals surface area contributed by atoms with Crippen LogP contribution in [0.1, 0.15) is 30.6 Å². The van der Waals surface area contributed by atoms with E-state index in [-0.39, 0.29) is 6.10 Å². The number of benzene rings is 1. The van der Waals surface area contributed by atoms with Crippen LogP contribution in [0.15, 0.2) is 53.7 Å². The summed E-state index contributed by atoms with van der Waals surface area (Å²) in [7, 11) is 1.79. The van der Waals surface area contributed by atoms with Crippen molar-refractivity contribution < 1.29 is 9.47 Å². The van der Waals surface area contributed by atoms with E-state index >= 15 is 0 Å². The van der Waals surface area contributed by atoms with Gasteiger partial charge in [0.25, 0.3) is 0 Å². The highest BCUT2D eigenvalue weighted by Crippen LogP contribution is 2.18. The molecule has 0 bridgehead atoms. The Morgan fingerprint density at radius 1 is 1.17 bits per heavy atom.